The van der Waals surface area contributed by atoms with Crippen molar-refractivity contribution in [1.29, 1.82) is 0 Å². The van der Waals surface area contributed by atoms with E-state index in [0.717, 1.165) is 44.2 Å². The van der Waals surface area contributed by atoms with Crippen molar-refractivity contribution in [2.24, 2.45) is 5.92 Å². The zero-order chi connectivity index (χ0) is 18.0. The third-order valence-electron chi connectivity index (χ3n) is 5.33. The van der Waals surface area contributed by atoms with Gasteiger partial charge in [0, 0.05) is 5.56 Å². The highest BCUT2D eigenvalue weighted by Gasteiger charge is 2.26. The molecule has 1 fully saturated rings. The largest absolute Gasteiger partial charge is 0.204 e. The Hall–Kier alpha value is -1.84. The highest BCUT2D eigenvalue weighted by atomic mass is 19.2. The summed E-state index contributed by atoms with van der Waals surface area (Å²) in [4.78, 5) is 0. The Morgan fingerprint density at radius 2 is 1.56 bits per heavy atom. The second-order valence-corrected chi connectivity index (χ2v) is 6.97. The van der Waals surface area contributed by atoms with Crippen molar-refractivity contribution in [3.63, 3.8) is 0 Å². The van der Waals surface area contributed by atoms with E-state index in [4.69, 9.17) is 0 Å². The summed E-state index contributed by atoms with van der Waals surface area (Å²) in [6.07, 6.45) is 6.17. The van der Waals surface area contributed by atoms with Gasteiger partial charge < -0.3 is 0 Å². The van der Waals surface area contributed by atoms with Gasteiger partial charge in [-0.15, -0.1) is 0 Å². The minimum Gasteiger partial charge on any atom is -0.204 e. The van der Waals surface area contributed by atoms with Crippen molar-refractivity contribution in [2.45, 2.75) is 51.4 Å². The molecule has 1 saturated carbocycles. The summed E-state index contributed by atoms with van der Waals surface area (Å²) in [5, 5.41) is 0. The van der Waals surface area contributed by atoms with Crippen LogP contribution in [-0.4, -0.2) is 0 Å². The fourth-order valence-electron chi connectivity index (χ4n) is 3.94. The first-order valence-corrected chi connectivity index (χ1v) is 8.94. The maximum atomic E-state index is 14.6. The van der Waals surface area contributed by atoms with E-state index in [1.165, 1.54) is 18.6 Å². The first-order valence-electron chi connectivity index (χ1n) is 8.94. The van der Waals surface area contributed by atoms with E-state index in [1.54, 1.807) is 6.07 Å². The normalized spacial score (nSPS) is 20.7. The molecule has 2 aromatic rings. The summed E-state index contributed by atoms with van der Waals surface area (Å²) >= 11 is 0. The van der Waals surface area contributed by atoms with Crippen molar-refractivity contribution in [3.05, 3.63) is 59.2 Å². The Labute approximate surface area is 145 Å². The second-order valence-electron chi connectivity index (χ2n) is 6.97. The lowest BCUT2D eigenvalue weighted by Gasteiger charge is -2.29. The maximum absolute atomic E-state index is 14.6. The predicted octanol–water partition coefficient (Wildman–Crippen LogP) is 6.98. The molecule has 1 aliphatic rings. The Balaban J connectivity index is 1.85. The number of rotatable bonds is 4. The van der Waals surface area contributed by atoms with Crippen molar-refractivity contribution in [2.75, 3.05) is 0 Å². The SMILES string of the molecule is CCCC1CCC(c2ccc(-c3ccc(F)c(F)c3)c(F)c2F)CC1. The van der Waals surface area contributed by atoms with Gasteiger partial charge in [0.05, 0.1) is 0 Å². The molecule has 0 aliphatic heterocycles. The van der Waals surface area contributed by atoms with Crippen LogP contribution in [0.3, 0.4) is 0 Å². The molecule has 3 rings (SSSR count). The smallest absolute Gasteiger partial charge is 0.166 e. The summed E-state index contributed by atoms with van der Waals surface area (Å²) < 4.78 is 55.6. The minimum atomic E-state index is -1.07. The first kappa shape index (κ1) is 18.0. The van der Waals surface area contributed by atoms with E-state index >= 15 is 0 Å². The molecule has 0 radical (unpaired) electrons. The number of halogens is 4. The van der Waals surface area contributed by atoms with Gasteiger partial charge in [-0.3, -0.25) is 0 Å². The molecule has 2 aromatic carbocycles. The molecule has 0 amide bonds. The van der Waals surface area contributed by atoms with Gasteiger partial charge in [0.1, 0.15) is 0 Å². The zero-order valence-electron chi connectivity index (χ0n) is 14.3. The van der Waals surface area contributed by atoms with E-state index in [-0.39, 0.29) is 17.0 Å². The van der Waals surface area contributed by atoms with Gasteiger partial charge in [0.15, 0.2) is 23.3 Å². The van der Waals surface area contributed by atoms with Crippen molar-refractivity contribution < 1.29 is 17.6 Å². The molecule has 4 heteroatoms. The average Bonchev–Trinajstić information content (AvgIpc) is 2.61. The molecule has 0 spiro atoms. The standard InChI is InChI=1S/C21H22F4/c1-2-3-13-4-6-14(7-5-13)16-9-10-17(21(25)20(16)24)15-8-11-18(22)19(23)12-15/h8-14H,2-7H2,1H3. The van der Waals surface area contributed by atoms with Gasteiger partial charge in [0.25, 0.3) is 0 Å². The number of benzene rings is 2. The van der Waals surface area contributed by atoms with Gasteiger partial charge in [-0.2, -0.15) is 0 Å². The van der Waals surface area contributed by atoms with Crippen LogP contribution in [0.2, 0.25) is 0 Å². The van der Waals surface area contributed by atoms with Crippen LogP contribution in [0.4, 0.5) is 17.6 Å². The Morgan fingerprint density at radius 1 is 0.840 bits per heavy atom. The van der Waals surface area contributed by atoms with Crippen molar-refractivity contribution in [3.8, 4) is 11.1 Å². The third-order valence-corrected chi connectivity index (χ3v) is 5.33. The van der Waals surface area contributed by atoms with E-state index in [1.807, 2.05) is 0 Å². The molecule has 0 aromatic heterocycles. The molecule has 134 valence electrons. The maximum Gasteiger partial charge on any atom is 0.166 e. The molecular formula is C21H22F4. The van der Waals surface area contributed by atoms with Gasteiger partial charge in [-0.1, -0.05) is 38.0 Å². The molecule has 1 aliphatic carbocycles. The van der Waals surface area contributed by atoms with Gasteiger partial charge >= 0.3 is 0 Å². The summed E-state index contributed by atoms with van der Waals surface area (Å²) in [5.41, 5.74) is 0.493. The number of hydrogen-bond acceptors (Lipinski definition) is 0. The lowest BCUT2D eigenvalue weighted by molar-refractivity contribution is 0.303. The first-order chi connectivity index (χ1) is 12.0. The molecule has 0 nitrogen and oxygen atoms in total. The molecule has 0 bridgehead atoms. The van der Waals surface area contributed by atoms with Crippen LogP contribution < -0.4 is 0 Å². The van der Waals surface area contributed by atoms with E-state index in [2.05, 4.69) is 6.92 Å². The van der Waals surface area contributed by atoms with Crippen LogP contribution in [0, 0.1) is 29.2 Å². The van der Waals surface area contributed by atoms with Crippen LogP contribution in [0.15, 0.2) is 30.3 Å². The quantitative estimate of drug-likeness (QED) is 0.522. The van der Waals surface area contributed by atoms with Crippen molar-refractivity contribution in [1.82, 2.24) is 0 Å². The summed E-state index contributed by atoms with van der Waals surface area (Å²) in [5.74, 6) is -3.21. The molecule has 0 N–H and O–H groups in total. The topological polar surface area (TPSA) is 0 Å². The van der Waals surface area contributed by atoms with E-state index in [0.29, 0.717) is 11.5 Å². The van der Waals surface area contributed by atoms with Crippen LogP contribution in [-0.2, 0) is 0 Å². The summed E-state index contributed by atoms with van der Waals surface area (Å²) in [6, 6.07) is 6.14. The van der Waals surface area contributed by atoms with Crippen LogP contribution >= 0.6 is 0 Å². The Kier molecular flexibility index (Phi) is 5.45. The van der Waals surface area contributed by atoms with Crippen LogP contribution in [0.25, 0.3) is 11.1 Å². The average molecular weight is 350 g/mol. The third kappa shape index (κ3) is 3.73. The van der Waals surface area contributed by atoms with Crippen LogP contribution in [0.5, 0.6) is 0 Å². The molecule has 25 heavy (non-hydrogen) atoms. The Morgan fingerprint density at radius 3 is 2.20 bits per heavy atom. The molecule has 0 atom stereocenters. The lowest BCUT2D eigenvalue weighted by Crippen LogP contribution is -2.15. The lowest BCUT2D eigenvalue weighted by atomic mass is 9.77. The summed E-state index contributed by atoms with van der Waals surface area (Å²) in [6.45, 7) is 2.16. The zero-order valence-corrected chi connectivity index (χ0v) is 14.3. The molecular weight excluding hydrogens is 328 g/mol. The monoisotopic (exact) mass is 350 g/mol. The minimum absolute atomic E-state index is 0.0293. The van der Waals surface area contributed by atoms with Crippen molar-refractivity contribution >= 4 is 0 Å². The predicted molar refractivity (Wildman–Crippen MR) is 91.3 cm³/mol. The highest BCUT2D eigenvalue weighted by molar-refractivity contribution is 5.65. The molecule has 0 unspecified atom stereocenters. The molecule has 0 saturated heterocycles. The number of hydrogen-bond donors (Lipinski definition) is 0. The van der Waals surface area contributed by atoms with E-state index in [9.17, 15) is 17.6 Å². The fraction of sp³-hybridized carbons (Fsp3) is 0.429. The van der Waals surface area contributed by atoms with Gasteiger partial charge in [0.2, 0.25) is 0 Å². The highest BCUT2D eigenvalue weighted by Crippen LogP contribution is 2.40. The van der Waals surface area contributed by atoms with Gasteiger partial charge in [-0.05, 0) is 60.8 Å². The fourth-order valence-corrected chi connectivity index (χ4v) is 3.94. The van der Waals surface area contributed by atoms with E-state index < -0.39 is 23.3 Å². The van der Waals surface area contributed by atoms with Crippen LogP contribution in [0.1, 0.15) is 56.9 Å². The summed E-state index contributed by atoms with van der Waals surface area (Å²) in [7, 11) is 0. The Bertz CT molecular complexity index is 746. The van der Waals surface area contributed by atoms with Gasteiger partial charge in [-0.25, -0.2) is 17.6 Å². The molecule has 0 heterocycles. The second kappa shape index (κ2) is 7.59.